The van der Waals surface area contributed by atoms with Crippen LogP contribution in [0.25, 0.3) is 0 Å². The lowest BCUT2D eigenvalue weighted by Gasteiger charge is -2.11. The molecule has 3 N–H and O–H groups in total. The van der Waals surface area contributed by atoms with E-state index in [4.69, 9.17) is 0 Å². The minimum absolute atomic E-state index is 0. The van der Waals surface area contributed by atoms with Crippen molar-refractivity contribution in [2.45, 2.75) is 50.1 Å². The van der Waals surface area contributed by atoms with Crippen LogP contribution < -0.4 is 15.4 Å². The van der Waals surface area contributed by atoms with Crippen molar-refractivity contribution >= 4 is 40.0 Å². The van der Waals surface area contributed by atoms with Crippen LogP contribution in [-0.4, -0.2) is 33.5 Å². The Hall–Kier alpha value is -1.65. The van der Waals surface area contributed by atoms with Crippen LogP contribution in [0.2, 0.25) is 0 Å². The second kappa shape index (κ2) is 12.3. The molecule has 0 unspecified atom stereocenters. The minimum atomic E-state index is -3.40. The van der Waals surface area contributed by atoms with Crippen LogP contribution in [0, 0.1) is 0 Å². The van der Waals surface area contributed by atoms with Crippen LogP contribution in [-0.2, 0) is 23.0 Å². The van der Waals surface area contributed by atoms with Gasteiger partial charge >= 0.3 is 0 Å². The van der Waals surface area contributed by atoms with Gasteiger partial charge in [-0.2, -0.15) is 0 Å². The summed E-state index contributed by atoms with van der Waals surface area (Å²) >= 11 is 0. The highest BCUT2D eigenvalue weighted by Gasteiger charge is 2.27. The van der Waals surface area contributed by atoms with Crippen molar-refractivity contribution in [3.05, 3.63) is 65.7 Å². The number of rotatable bonds is 10. The van der Waals surface area contributed by atoms with Gasteiger partial charge in [0.2, 0.25) is 10.0 Å². The molecule has 6 nitrogen and oxygen atoms in total. The van der Waals surface area contributed by atoms with Gasteiger partial charge in [0.1, 0.15) is 0 Å². The summed E-state index contributed by atoms with van der Waals surface area (Å²) < 4.78 is 27.2. The smallest absolute Gasteiger partial charge is 0.240 e. The fourth-order valence-corrected chi connectivity index (χ4v) is 4.22. The maximum absolute atomic E-state index is 12.2. The standard InChI is InChI=1S/C22H30N4O2S.HI/c1-2-23-22(24-16-6-9-18-7-4-3-5-8-18)25-17-19-10-14-21(15-11-19)29(27,28)26-20-12-13-20;/h3-5,7-8,10-11,14-15,20,26H,2,6,9,12-13,16-17H2,1H3,(H2,23,24,25);1H. The van der Waals surface area contributed by atoms with Crippen LogP contribution in [0.4, 0.5) is 0 Å². The molecular weight excluding hydrogens is 511 g/mol. The third-order valence-corrected chi connectivity index (χ3v) is 6.21. The molecule has 2 aromatic rings. The van der Waals surface area contributed by atoms with Crippen molar-refractivity contribution in [2.75, 3.05) is 13.1 Å². The summed E-state index contributed by atoms with van der Waals surface area (Å²) in [6.45, 7) is 4.15. The summed E-state index contributed by atoms with van der Waals surface area (Å²) in [6.07, 6.45) is 3.90. The van der Waals surface area contributed by atoms with Gasteiger partial charge < -0.3 is 10.6 Å². The topological polar surface area (TPSA) is 82.6 Å². The van der Waals surface area contributed by atoms with Crippen molar-refractivity contribution in [3.8, 4) is 0 Å². The monoisotopic (exact) mass is 542 g/mol. The first kappa shape index (κ1) is 24.6. The number of benzene rings is 2. The number of hydrogen-bond donors (Lipinski definition) is 3. The van der Waals surface area contributed by atoms with Gasteiger partial charge in [-0.1, -0.05) is 42.5 Å². The number of sulfonamides is 1. The van der Waals surface area contributed by atoms with Crippen LogP contribution >= 0.6 is 24.0 Å². The largest absolute Gasteiger partial charge is 0.357 e. The van der Waals surface area contributed by atoms with Gasteiger partial charge in [0.15, 0.2) is 5.96 Å². The minimum Gasteiger partial charge on any atom is -0.357 e. The average molecular weight is 542 g/mol. The van der Waals surface area contributed by atoms with E-state index in [1.165, 1.54) is 5.56 Å². The summed E-state index contributed by atoms with van der Waals surface area (Å²) in [7, 11) is -3.40. The van der Waals surface area contributed by atoms with Crippen LogP contribution in [0.1, 0.15) is 37.3 Å². The first-order chi connectivity index (χ1) is 14.1. The maximum Gasteiger partial charge on any atom is 0.240 e. The summed E-state index contributed by atoms with van der Waals surface area (Å²) in [5, 5.41) is 6.61. The third-order valence-electron chi connectivity index (χ3n) is 4.67. The molecular formula is C22H31IN4O2S. The molecule has 0 atom stereocenters. The van der Waals surface area contributed by atoms with Gasteiger partial charge in [0.25, 0.3) is 0 Å². The van der Waals surface area contributed by atoms with Crippen LogP contribution in [0.15, 0.2) is 64.5 Å². The van der Waals surface area contributed by atoms with Crippen LogP contribution in [0.3, 0.4) is 0 Å². The van der Waals surface area contributed by atoms with Gasteiger partial charge in [0.05, 0.1) is 11.4 Å². The molecule has 0 heterocycles. The summed E-state index contributed by atoms with van der Waals surface area (Å²) in [6, 6.07) is 17.5. The lowest BCUT2D eigenvalue weighted by Crippen LogP contribution is -2.37. The predicted molar refractivity (Wildman–Crippen MR) is 133 cm³/mol. The van der Waals surface area contributed by atoms with Crippen LogP contribution in [0.5, 0.6) is 0 Å². The zero-order valence-electron chi connectivity index (χ0n) is 17.3. The van der Waals surface area contributed by atoms with E-state index < -0.39 is 10.0 Å². The molecule has 0 bridgehead atoms. The Morgan fingerprint density at radius 3 is 2.33 bits per heavy atom. The molecule has 164 valence electrons. The Balaban J connectivity index is 0.00000320. The second-order valence-corrected chi connectivity index (χ2v) is 8.96. The Morgan fingerprint density at radius 1 is 1.00 bits per heavy atom. The number of guanidine groups is 1. The molecule has 0 spiro atoms. The van der Waals surface area contributed by atoms with Gasteiger partial charge in [-0.3, -0.25) is 0 Å². The summed E-state index contributed by atoms with van der Waals surface area (Å²) in [4.78, 5) is 4.92. The lowest BCUT2D eigenvalue weighted by molar-refractivity contribution is 0.581. The molecule has 0 aliphatic heterocycles. The molecule has 0 amide bonds. The number of halogens is 1. The number of hydrogen-bond acceptors (Lipinski definition) is 3. The molecule has 2 aromatic carbocycles. The maximum atomic E-state index is 12.2. The van der Waals surface area contributed by atoms with Crippen molar-refractivity contribution in [3.63, 3.8) is 0 Å². The van der Waals surface area contributed by atoms with Gasteiger partial charge in [-0.05, 0) is 55.9 Å². The van der Waals surface area contributed by atoms with Crippen molar-refractivity contribution in [1.29, 1.82) is 0 Å². The van der Waals surface area contributed by atoms with Crippen molar-refractivity contribution < 1.29 is 8.42 Å². The van der Waals surface area contributed by atoms with E-state index in [0.717, 1.165) is 50.3 Å². The van der Waals surface area contributed by atoms with Crippen molar-refractivity contribution in [1.82, 2.24) is 15.4 Å². The first-order valence-corrected chi connectivity index (χ1v) is 11.7. The molecule has 0 aromatic heterocycles. The molecule has 1 aliphatic rings. The highest BCUT2D eigenvalue weighted by Crippen LogP contribution is 2.22. The Bertz CT molecular complexity index is 898. The van der Waals surface area contributed by atoms with E-state index in [0.29, 0.717) is 11.4 Å². The van der Waals surface area contributed by atoms with Gasteiger partial charge in [-0.25, -0.2) is 18.1 Å². The Labute approximate surface area is 197 Å². The molecule has 1 saturated carbocycles. The summed E-state index contributed by atoms with van der Waals surface area (Å²) in [5.74, 6) is 0.771. The van der Waals surface area contributed by atoms with Gasteiger partial charge in [-0.15, -0.1) is 24.0 Å². The second-order valence-electron chi connectivity index (χ2n) is 7.25. The van der Waals surface area contributed by atoms with E-state index in [1.54, 1.807) is 12.1 Å². The molecule has 8 heteroatoms. The fourth-order valence-electron chi connectivity index (χ4n) is 2.92. The van der Waals surface area contributed by atoms with E-state index in [-0.39, 0.29) is 30.0 Å². The zero-order chi connectivity index (χ0) is 20.5. The molecule has 0 saturated heterocycles. The Morgan fingerprint density at radius 2 is 1.70 bits per heavy atom. The lowest BCUT2D eigenvalue weighted by atomic mass is 10.1. The number of nitrogens with one attached hydrogen (secondary N) is 3. The highest BCUT2D eigenvalue weighted by molar-refractivity contribution is 14.0. The molecule has 0 radical (unpaired) electrons. The molecule has 3 rings (SSSR count). The quantitative estimate of drug-likeness (QED) is 0.186. The fraction of sp³-hybridized carbons (Fsp3) is 0.409. The SMILES string of the molecule is CCNC(=NCc1ccc(S(=O)(=O)NC2CC2)cc1)NCCCc1ccccc1.I. The van der Waals surface area contributed by atoms with E-state index >= 15 is 0 Å². The number of aliphatic imine (C=N–C) groups is 1. The van der Waals surface area contributed by atoms with E-state index in [2.05, 4.69) is 44.6 Å². The van der Waals surface area contributed by atoms with Gasteiger partial charge in [0, 0.05) is 19.1 Å². The average Bonchev–Trinajstić information content (AvgIpc) is 3.53. The molecule has 1 fully saturated rings. The van der Waals surface area contributed by atoms with E-state index in [9.17, 15) is 8.42 Å². The number of aryl methyl sites for hydroxylation is 1. The molecule has 30 heavy (non-hydrogen) atoms. The Kier molecular flexibility index (Phi) is 10.1. The first-order valence-electron chi connectivity index (χ1n) is 10.2. The summed E-state index contributed by atoms with van der Waals surface area (Å²) in [5.41, 5.74) is 2.30. The number of nitrogens with zero attached hydrogens (tertiary/aromatic N) is 1. The highest BCUT2D eigenvalue weighted by atomic mass is 127. The normalized spacial score (nSPS) is 14.1. The zero-order valence-corrected chi connectivity index (χ0v) is 20.5. The molecule has 1 aliphatic carbocycles. The van der Waals surface area contributed by atoms with Crippen molar-refractivity contribution in [2.24, 2.45) is 4.99 Å². The van der Waals surface area contributed by atoms with E-state index in [1.807, 2.05) is 25.1 Å². The predicted octanol–water partition coefficient (Wildman–Crippen LogP) is 3.43. The third kappa shape index (κ3) is 8.23.